The zero-order valence-electron chi connectivity index (χ0n) is 12.3. The quantitative estimate of drug-likeness (QED) is 0.483. The maximum atomic E-state index is 12.5. The second kappa shape index (κ2) is 6.01. The third kappa shape index (κ3) is 3.88. The number of hydroxylamine groups is 3. The van der Waals surface area contributed by atoms with E-state index >= 15 is 0 Å². The topological polar surface area (TPSA) is 61.6 Å². The Morgan fingerprint density at radius 3 is 2.52 bits per heavy atom. The van der Waals surface area contributed by atoms with Gasteiger partial charge in [0, 0.05) is 5.56 Å². The van der Waals surface area contributed by atoms with Gasteiger partial charge >= 0.3 is 6.36 Å². The Labute approximate surface area is 129 Å². The number of hydrogen-bond acceptors (Lipinski definition) is 4. The van der Waals surface area contributed by atoms with E-state index in [1.165, 1.54) is 37.6 Å². The predicted octanol–water partition coefficient (Wildman–Crippen LogP) is 3.11. The van der Waals surface area contributed by atoms with Crippen molar-refractivity contribution in [2.45, 2.75) is 6.36 Å². The molecule has 2 rings (SSSR count). The van der Waals surface area contributed by atoms with Crippen molar-refractivity contribution in [3.05, 3.63) is 57.9 Å². The lowest BCUT2D eigenvalue weighted by Gasteiger charge is -2.28. The molecule has 0 saturated carbocycles. The van der Waals surface area contributed by atoms with Crippen LogP contribution < -0.4 is 4.74 Å². The van der Waals surface area contributed by atoms with Gasteiger partial charge in [-0.1, -0.05) is 18.2 Å². The number of hydrogen-bond donors (Lipinski definition) is 0. The minimum absolute atomic E-state index is 0.00505. The smallest absolute Gasteiger partial charge is 0.405 e. The molecule has 1 aliphatic rings. The van der Waals surface area contributed by atoms with Gasteiger partial charge in [-0.25, -0.2) is 4.84 Å². The Balaban J connectivity index is 2.57. The summed E-state index contributed by atoms with van der Waals surface area (Å²) >= 11 is 0. The number of likely N-dealkylation sites (N-methyl/N-ethyl adjacent to an activating group) is 1. The molecule has 0 bridgehead atoms. The standard InChI is InChI=1S/C14H14F3N2O4/c1-19(22-2)8-7-12(18(20)21)11(9-19)10-5-3-4-6-13(10)23-14(15,16)17/h3-7,9H,8H2,1-2H3/q+1. The van der Waals surface area contributed by atoms with Crippen molar-refractivity contribution in [1.82, 2.24) is 0 Å². The number of ether oxygens (including phenoxy) is 1. The molecule has 0 amide bonds. The molecule has 0 aromatic heterocycles. The fourth-order valence-electron chi connectivity index (χ4n) is 2.18. The van der Waals surface area contributed by atoms with Crippen molar-refractivity contribution in [3.63, 3.8) is 0 Å². The van der Waals surface area contributed by atoms with Gasteiger partial charge in [0.25, 0.3) is 5.70 Å². The molecule has 9 heteroatoms. The minimum Gasteiger partial charge on any atom is -0.405 e. The van der Waals surface area contributed by atoms with Gasteiger partial charge in [0.1, 0.15) is 31.1 Å². The number of para-hydroxylation sites is 1. The first-order valence-corrected chi connectivity index (χ1v) is 6.49. The molecule has 0 aliphatic carbocycles. The Kier molecular flexibility index (Phi) is 4.44. The van der Waals surface area contributed by atoms with E-state index in [0.29, 0.717) is 0 Å². The molecule has 1 aromatic rings. The van der Waals surface area contributed by atoms with Crippen LogP contribution in [0.1, 0.15) is 5.56 Å². The molecule has 1 heterocycles. The molecule has 1 aromatic carbocycles. The van der Waals surface area contributed by atoms with Crippen LogP contribution in [0.15, 0.2) is 42.2 Å². The molecule has 23 heavy (non-hydrogen) atoms. The molecule has 1 unspecified atom stereocenters. The van der Waals surface area contributed by atoms with Crippen molar-refractivity contribution in [2.75, 3.05) is 20.7 Å². The van der Waals surface area contributed by atoms with E-state index in [0.717, 1.165) is 6.07 Å². The molecule has 1 aliphatic heterocycles. The van der Waals surface area contributed by atoms with Gasteiger partial charge < -0.3 is 4.74 Å². The van der Waals surface area contributed by atoms with Crippen molar-refractivity contribution >= 4 is 5.57 Å². The van der Waals surface area contributed by atoms with Gasteiger partial charge in [-0.15, -0.1) is 13.2 Å². The van der Waals surface area contributed by atoms with Crippen LogP contribution in [0.2, 0.25) is 0 Å². The molecule has 1 atom stereocenters. The first kappa shape index (κ1) is 17.0. The van der Waals surface area contributed by atoms with Gasteiger partial charge in [0.2, 0.25) is 0 Å². The van der Waals surface area contributed by atoms with Crippen LogP contribution in [0.3, 0.4) is 0 Å². The first-order chi connectivity index (χ1) is 10.7. The number of benzene rings is 1. The van der Waals surface area contributed by atoms with Crippen LogP contribution in [-0.4, -0.2) is 36.6 Å². The summed E-state index contributed by atoms with van der Waals surface area (Å²) in [6.45, 7) is 0.179. The maximum absolute atomic E-state index is 12.5. The SMILES string of the molecule is CO[N+]1(C)C=C(c2ccccc2OC(F)(F)F)C([N+](=O)[O-])=CC1. The van der Waals surface area contributed by atoms with Crippen molar-refractivity contribution in [3.8, 4) is 5.75 Å². The van der Waals surface area contributed by atoms with Crippen LogP contribution in [-0.2, 0) is 4.84 Å². The highest BCUT2D eigenvalue weighted by Crippen LogP contribution is 2.37. The Bertz CT molecular complexity index is 685. The van der Waals surface area contributed by atoms with Crippen LogP contribution in [0, 0.1) is 10.1 Å². The molecule has 6 nitrogen and oxygen atoms in total. The Morgan fingerprint density at radius 2 is 1.96 bits per heavy atom. The summed E-state index contributed by atoms with van der Waals surface area (Å²) < 4.78 is 41.5. The normalized spacial score (nSPS) is 21.4. The average molecular weight is 331 g/mol. The second-order valence-electron chi connectivity index (χ2n) is 4.97. The molecular weight excluding hydrogens is 317 g/mol. The summed E-state index contributed by atoms with van der Waals surface area (Å²) in [5, 5.41) is 11.2. The fraction of sp³-hybridized carbons (Fsp3) is 0.286. The summed E-state index contributed by atoms with van der Waals surface area (Å²) in [4.78, 5) is 15.8. The van der Waals surface area contributed by atoms with Gasteiger partial charge in [-0.3, -0.25) is 10.1 Å². The first-order valence-electron chi connectivity index (χ1n) is 6.49. The van der Waals surface area contributed by atoms with E-state index < -0.39 is 17.0 Å². The number of quaternary nitrogens is 1. The third-order valence-electron chi connectivity index (χ3n) is 3.34. The van der Waals surface area contributed by atoms with Crippen molar-refractivity contribution < 1.29 is 32.3 Å². The number of nitro groups is 1. The molecule has 0 N–H and O–H groups in total. The summed E-state index contributed by atoms with van der Waals surface area (Å²) in [5.41, 5.74) is -0.324. The van der Waals surface area contributed by atoms with E-state index in [-0.39, 0.29) is 28.0 Å². The number of alkyl halides is 3. The molecular formula is C14H14F3N2O4+. The third-order valence-corrected chi connectivity index (χ3v) is 3.34. The lowest BCUT2D eigenvalue weighted by atomic mass is 10.0. The fourth-order valence-corrected chi connectivity index (χ4v) is 2.18. The van der Waals surface area contributed by atoms with E-state index in [4.69, 9.17) is 4.84 Å². The summed E-state index contributed by atoms with van der Waals surface area (Å²) in [7, 11) is 3.03. The van der Waals surface area contributed by atoms with Gasteiger partial charge in [0.05, 0.1) is 18.1 Å². The van der Waals surface area contributed by atoms with Crippen LogP contribution in [0.5, 0.6) is 5.75 Å². The molecule has 0 saturated heterocycles. The van der Waals surface area contributed by atoms with Gasteiger partial charge in [0.15, 0.2) is 0 Å². The van der Waals surface area contributed by atoms with E-state index in [9.17, 15) is 23.3 Å². The van der Waals surface area contributed by atoms with Crippen LogP contribution in [0.25, 0.3) is 5.57 Å². The molecule has 124 valence electrons. The van der Waals surface area contributed by atoms with Gasteiger partial charge in [-0.05, 0) is 6.07 Å². The van der Waals surface area contributed by atoms with Crippen molar-refractivity contribution in [1.29, 1.82) is 0 Å². The summed E-state index contributed by atoms with van der Waals surface area (Å²) in [6, 6.07) is 5.26. The largest absolute Gasteiger partial charge is 0.573 e. The highest BCUT2D eigenvalue weighted by Gasteiger charge is 2.37. The van der Waals surface area contributed by atoms with Gasteiger partial charge in [-0.2, -0.15) is 4.65 Å². The maximum Gasteiger partial charge on any atom is 0.573 e. The van der Waals surface area contributed by atoms with Crippen molar-refractivity contribution in [2.24, 2.45) is 0 Å². The summed E-state index contributed by atoms with van der Waals surface area (Å²) in [5.74, 6) is -0.511. The van der Waals surface area contributed by atoms with E-state index in [1.807, 2.05) is 0 Å². The van der Waals surface area contributed by atoms with E-state index in [2.05, 4.69) is 4.74 Å². The Morgan fingerprint density at radius 1 is 1.30 bits per heavy atom. The number of nitrogens with zero attached hydrogens (tertiary/aromatic N) is 2. The average Bonchev–Trinajstić information content (AvgIpc) is 2.46. The second-order valence-corrected chi connectivity index (χ2v) is 4.97. The van der Waals surface area contributed by atoms with Crippen LogP contribution >= 0.6 is 0 Å². The monoisotopic (exact) mass is 331 g/mol. The van der Waals surface area contributed by atoms with Crippen LogP contribution in [0.4, 0.5) is 13.2 Å². The highest BCUT2D eigenvalue weighted by atomic mass is 19.4. The minimum atomic E-state index is -4.90. The molecule has 0 spiro atoms. The zero-order valence-corrected chi connectivity index (χ0v) is 12.3. The van der Waals surface area contributed by atoms with E-state index in [1.54, 1.807) is 7.05 Å². The molecule has 0 fully saturated rings. The number of halogens is 3. The zero-order chi connectivity index (χ0) is 17.3. The predicted molar refractivity (Wildman–Crippen MR) is 74.2 cm³/mol. The molecule has 0 radical (unpaired) electrons. The summed E-state index contributed by atoms with van der Waals surface area (Å²) in [6.07, 6.45) is -2.21. The Hall–Kier alpha value is -2.39. The number of allylic oxidation sites excluding steroid dienone is 1. The highest BCUT2D eigenvalue weighted by molar-refractivity contribution is 5.80. The lowest BCUT2D eigenvalue weighted by Crippen LogP contribution is -2.40. The lowest BCUT2D eigenvalue weighted by molar-refractivity contribution is -1.04. The number of rotatable bonds is 4.